The van der Waals surface area contributed by atoms with E-state index < -0.39 is 35.8 Å². The molecule has 2 aromatic rings. The fourth-order valence-corrected chi connectivity index (χ4v) is 3.39. The third-order valence-electron chi connectivity index (χ3n) is 4.97. The van der Waals surface area contributed by atoms with E-state index in [9.17, 15) is 24.3 Å². The summed E-state index contributed by atoms with van der Waals surface area (Å²) in [6.07, 6.45) is 0.125. The van der Waals surface area contributed by atoms with Crippen molar-refractivity contribution < 1.29 is 29.0 Å². The summed E-state index contributed by atoms with van der Waals surface area (Å²) in [5, 5.41) is 14.7. The van der Waals surface area contributed by atoms with Gasteiger partial charge in [-0.2, -0.15) is 0 Å². The zero-order valence-corrected chi connectivity index (χ0v) is 17.1. The number of amides is 3. The molecule has 0 aromatic heterocycles. The predicted octanol–water partition coefficient (Wildman–Crippen LogP) is 1.43. The largest absolute Gasteiger partial charge is 0.480 e. The van der Waals surface area contributed by atoms with Gasteiger partial charge in [0.1, 0.15) is 18.7 Å². The summed E-state index contributed by atoms with van der Waals surface area (Å²) >= 11 is 0. The number of nitrogens with zero attached hydrogens (tertiary/aromatic N) is 1. The van der Waals surface area contributed by atoms with Crippen LogP contribution in [0, 0.1) is 0 Å². The van der Waals surface area contributed by atoms with Gasteiger partial charge >= 0.3 is 5.97 Å². The Hall–Kier alpha value is -3.72. The van der Waals surface area contributed by atoms with E-state index in [1.54, 1.807) is 37.3 Å². The molecule has 0 radical (unpaired) electrons. The summed E-state index contributed by atoms with van der Waals surface area (Å²) in [5.41, 5.74) is 1.65. The van der Waals surface area contributed by atoms with E-state index in [-0.39, 0.29) is 24.3 Å². The molecule has 2 aromatic carbocycles. The first-order valence-corrected chi connectivity index (χ1v) is 9.65. The second-order valence-corrected chi connectivity index (χ2v) is 7.15. The van der Waals surface area contributed by atoms with Gasteiger partial charge in [-0.15, -0.1) is 0 Å². The quantitative estimate of drug-likeness (QED) is 0.616. The van der Waals surface area contributed by atoms with E-state index in [0.717, 1.165) is 5.56 Å². The molecule has 0 saturated heterocycles. The van der Waals surface area contributed by atoms with E-state index in [0.29, 0.717) is 5.69 Å². The molecule has 162 valence electrons. The molecular weight excluding hydrogens is 402 g/mol. The third-order valence-corrected chi connectivity index (χ3v) is 4.97. The highest BCUT2D eigenvalue weighted by atomic mass is 16.5. The summed E-state index contributed by atoms with van der Waals surface area (Å²) in [4.78, 5) is 50.4. The van der Waals surface area contributed by atoms with Crippen LogP contribution >= 0.6 is 0 Å². The zero-order valence-electron chi connectivity index (χ0n) is 17.1. The van der Waals surface area contributed by atoms with Crippen molar-refractivity contribution in [3.05, 3.63) is 59.7 Å². The highest BCUT2D eigenvalue weighted by Gasteiger charge is 2.34. The van der Waals surface area contributed by atoms with Crippen molar-refractivity contribution >= 4 is 35.1 Å². The van der Waals surface area contributed by atoms with Crippen LogP contribution in [0.5, 0.6) is 0 Å². The molecule has 1 aliphatic rings. The number of methoxy groups -OCH3 is 1. The second kappa shape index (κ2) is 9.40. The van der Waals surface area contributed by atoms with Crippen LogP contribution in [-0.4, -0.2) is 54.6 Å². The lowest BCUT2D eigenvalue weighted by atomic mass is 10.0. The van der Waals surface area contributed by atoms with E-state index >= 15 is 0 Å². The fraction of sp³-hybridized carbons (Fsp3) is 0.273. The van der Waals surface area contributed by atoms with Gasteiger partial charge in [0, 0.05) is 19.1 Å². The van der Waals surface area contributed by atoms with Gasteiger partial charge in [-0.25, -0.2) is 4.79 Å². The van der Waals surface area contributed by atoms with Gasteiger partial charge in [0.2, 0.25) is 5.91 Å². The van der Waals surface area contributed by atoms with Crippen LogP contribution in [0.2, 0.25) is 0 Å². The van der Waals surface area contributed by atoms with Gasteiger partial charge in [-0.05, 0) is 30.7 Å². The van der Waals surface area contributed by atoms with Crippen molar-refractivity contribution in [3.8, 4) is 0 Å². The van der Waals surface area contributed by atoms with Crippen molar-refractivity contribution in [2.75, 3.05) is 23.9 Å². The minimum absolute atomic E-state index is 0.125. The Bertz CT molecular complexity index is 1010. The molecule has 1 heterocycles. The van der Waals surface area contributed by atoms with Crippen LogP contribution in [0.1, 0.15) is 22.8 Å². The van der Waals surface area contributed by atoms with Crippen LogP contribution in [0.25, 0.3) is 0 Å². The zero-order chi connectivity index (χ0) is 22.5. The van der Waals surface area contributed by atoms with Crippen molar-refractivity contribution in [1.82, 2.24) is 5.32 Å². The Morgan fingerprint density at radius 3 is 2.55 bits per heavy atom. The highest BCUT2D eigenvalue weighted by Crippen LogP contribution is 2.33. The first kappa shape index (κ1) is 22.0. The number of carbonyl (C=O) groups is 4. The topological polar surface area (TPSA) is 125 Å². The normalized spacial score (nSPS) is 16.1. The molecule has 0 aliphatic carbocycles. The van der Waals surface area contributed by atoms with E-state index in [1.807, 2.05) is 6.07 Å². The number of hydrogen-bond acceptors (Lipinski definition) is 5. The number of anilines is 2. The number of carboxylic acid groups (broad SMARTS) is 1. The Morgan fingerprint density at radius 2 is 1.90 bits per heavy atom. The maximum absolute atomic E-state index is 12.7. The van der Waals surface area contributed by atoms with Crippen LogP contribution in [0.15, 0.2) is 48.5 Å². The standard InChI is InChI=1S/C22H23N3O6/c1-13-20(27)23-16-11-15(8-9-18(16)25(13)19(26)12-31-2)21(28)24-17(22(29)30)10-14-6-4-3-5-7-14/h3-9,11,13,17H,10,12H2,1-2H3,(H,23,27)(H,24,28)(H,29,30). The van der Waals surface area contributed by atoms with Crippen LogP contribution in [-0.2, 0) is 25.5 Å². The molecule has 9 heteroatoms. The van der Waals surface area contributed by atoms with Crippen molar-refractivity contribution in [2.24, 2.45) is 0 Å². The molecule has 3 amide bonds. The third kappa shape index (κ3) is 4.89. The Morgan fingerprint density at radius 1 is 1.19 bits per heavy atom. The van der Waals surface area contributed by atoms with Crippen LogP contribution in [0.3, 0.4) is 0 Å². The van der Waals surface area contributed by atoms with Gasteiger partial charge in [0.25, 0.3) is 11.8 Å². The fourth-order valence-electron chi connectivity index (χ4n) is 3.39. The molecule has 0 spiro atoms. The predicted molar refractivity (Wildman–Crippen MR) is 113 cm³/mol. The average Bonchev–Trinajstić information content (AvgIpc) is 2.74. The SMILES string of the molecule is COCC(=O)N1c2ccc(C(=O)NC(Cc3ccccc3)C(=O)O)cc2NC(=O)C1C. The Labute approximate surface area is 179 Å². The lowest BCUT2D eigenvalue weighted by molar-refractivity contribution is -0.139. The van der Waals surface area contributed by atoms with Gasteiger partial charge in [0.15, 0.2) is 0 Å². The first-order chi connectivity index (χ1) is 14.8. The average molecular weight is 425 g/mol. The maximum atomic E-state index is 12.7. The van der Waals surface area contributed by atoms with E-state index in [2.05, 4.69) is 10.6 Å². The van der Waals surface area contributed by atoms with Crippen LogP contribution in [0.4, 0.5) is 11.4 Å². The van der Waals surface area contributed by atoms with Crippen molar-refractivity contribution in [2.45, 2.75) is 25.4 Å². The summed E-state index contributed by atoms with van der Waals surface area (Å²) in [6.45, 7) is 1.40. The second-order valence-electron chi connectivity index (χ2n) is 7.15. The van der Waals surface area contributed by atoms with Crippen molar-refractivity contribution in [3.63, 3.8) is 0 Å². The summed E-state index contributed by atoms with van der Waals surface area (Å²) in [5.74, 6) is -2.55. The highest BCUT2D eigenvalue weighted by molar-refractivity contribution is 6.13. The Kier molecular flexibility index (Phi) is 6.66. The summed E-state index contributed by atoms with van der Waals surface area (Å²) < 4.78 is 4.89. The van der Waals surface area contributed by atoms with Gasteiger partial charge in [0.05, 0.1) is 11.4 Å². The number of nitrogens with one attached hydrogen (secondary N) is 2. The molecule has 0 fully saturated rings. The smallest absolute Gasteiger partial charge is 0.326 e. The molecule has 2 unspecified atom stereocenters. The molecule has 0 bridgehead atoms. The van der Waals surface area contributed by atoms with Crippen LogP contribution < -0.4 is 15.5 Å². The lowest BCUT2D eigenvalue weighted by Gasteiger charge is -2.34. The number of carbonyl (C=O) groups excluding carboxylic acids is 3. The minimum Gasteiger partial charge on any atom is -0.480 e. The first-order valence-electron chi connectivity index (χ1n) is 9.65. The summed E-state index contributed by atoms with van der Waals surface area (Å²) in [6, 6.07) is 11.5. The number of ether oxygens (including phenoxy) is 1. The molecule has 31 heavy (non-hydrogen) atoms. The number of benzene rings is 2. The molecule has 9 nitrogen and oxygen atoms in total. The molecule has 1 aliphatic heterocycles. The molecule has 2 atom stereocenters. The number of fused-ring (bicyclic) bond motifs is 1. The maximum Gasteiger partial charge on any atom is 0.326 e. The number of carboxylic acids is 1. The molecule has 3 N–H and O–H groups in total. The van der Waals surface area contributed by atoms with Gasteiger partial charge < -0.3 is 20.5 Å². The lowest BCUT2D eigenvalue weighted by Crippen LogP contribution is -2.50. The van der Waals surface area contributed by atoms with E-state index in [1.165, 1.54) is 24.1 Å². The monoisotopic (exact) mass is 425 g/mol. The number of hydrogen-bond donors (Lipinski definition) is 3. The molecule has 3 rings (SSSR count). The number of rotatable bonds is 7. The summed E-state index contributed by atoms with van der Waals surface area (Å²) in [7, 11) is 1.38. The Balaban J connectivity index is 1.83. The van der Waals surface area contributed by atoms with Gasteiger partial charge in [-0.1, -0.05) is 30.3 Å². The van der Waals surface area contributed by atoms with E-state index in [4.69, 9.17) is 4.74 Å². The minimum atomic E-state index is -1.16. The molecular formula is C22H23N3O6. The van der Waals surface area contributed by atoms with Gasteiger partial charge in [-0.3, -0.25) is 19.3 Å². The molecule has 0 saturated carbocycles. The number of aliphatic carboxylic acids is 1. The van der Waals surface area contributed by atoms with Crippen molar-refractivity contribution in [1.29, 1.82) is 0 Å².